The molecule has 0 aliphatic carbocycles. The first kappa shape index (κ1) is 22.1. The van der Waals surface area contributed by atoms with E-state index in [1.807, 2.05) is 19.1 Å². The molecule has 1 aliphatic heterocycles. The lowest BCUT2D eigenvalue weighted by Crippen LogP contribution is -2.38. The lowest BCUT2D eigenvalue weighted by Gasteiger charge is -2.20. The Morgan fingerprint density at radius 3 is 2.84 bits per heavy atom. The summed E-state index contributed by atoms with van der Waals surface area (Å²) >= 11 is 6.26. The summed E-state index contributed by atoms with van der Waals surface area (Å²) in [6.07, 6.45) is 1.73. The number of fused-ring (bicyclic) bond motifs is 1. The number of nitrogens with one attached hydrogen (secondary N) is 2. The molecule has 0 saturated carbocycles. The molecule has 8 heteroatoms. The van der Waals surface area contributed by atoms with Crippen molar-refractivity contribution in [3.05, 3.63) is 22.7 Å². The maximum absolute atomic E-state index is 6.26. The van der Waals surface area contributed by atoms with Gasteiger partial charge >= 0.3 is 0 Å². The Kier molecular flexibility index (Phi) is 11.0. The van der Waals surface area contributed by atoms with Gasteiger partial charge in [0, 0.05) is 33.4 Å². The second-order valence-electron chi connectivity index (χ2n) is 5.39. The van der Waals surface area contributed by atoms with Crippen LogP contribution in [0.4, 0.5) is 0 Å². The number of halogens is 2. The van der Waals surface area contributed by atoms with Gasteiger partial charge < -0.3 is 24.8 Å². The largest absolute Gasteiger partial charge is 0.486 e. The molecule has 0 spiro atoms. The lowest BCUT2D eigenvalue weighted by molar-refractivity contribution is 0.171. The van der Waals surface area contributed by atoms with Crippen molar-refractivity contribution in [1.29, 1.82) is 0 Å². The van der Waals surface area contributed by atoms with Crippen LogP contribution in [-0.4, -0.2) is 52.5 Å². The Hall–Kier alpha value is -0.930. The van der Waals surface area contributed by atoms with E-state index in [4.69, 9.17) is 25.8 Å². The fraction of sp³-hybridized carbons (Fsp3) is 0.588. The van der Waals surface area contributed by atoms with E-state index in [9.17, 15) is 0 Å². The van der Waals surface area contributed by atoms with Crippen LogP contribution < -0.4 is 20.1 Å². The van der Waals surface area contributed by atoms with Gasteiger partial charge in [-0.25, -0.2) is 0 Å². The minimum absolute atomic E-state index is 0. The first-order valence-corrected chi connectivity index (χ1v) is 8.71. The van der Waals surface area contributed by atoms with Crippen LogP contribution in [0.1, 0.15) is 18.9 Å². The van der Waals surface area contributed by atoms with Gasteiger partial charge in [-0.2, -0.15) is 0 Å². The van der Waals surface area contributed by atoms with Gasteiger partial charge in [-0.15, -0.1) is 24.0 Å². The zero-order valence-electron chi connectivity index (χ0n) is 14.8. The van der Waals surface area contributed by atoms with Crippen molar-refractivity contribution in [2.75, 3.05) is 46.6 Å². The van der Waals surface area contributed by atoms with E-state index in [-0.39, 0.29) is 24.0 Å². The highest BCUT2D eigenvalue weighted by molar-refractivity contribution is 14.0. The summed E-state index contributed by atoms with van der Waals surface area (Å²) in [5, 5.41) is 7.16. The molecule has 1 aromatic carbocycles. The number of aliphatic imine (C=N–C) groups is 1. The Morgan fingerprint density at radius 1 is 1.28 bits per heavy atom. The summed E-state index contributed by atoms with van der Waals surface area (Å²) in [4.78, 5) is 4.51. The lowest BCUT2D eigenvalue weighted by atomic mass is 10.1. The maximum atomic E-state index is 6.26. The standard InChI is InChI=1S/C17H26ClN3O3.HI/c1-3-19-17(20-6-4-8-22-2)21-7-5-13-11-14(18)16-15(12-13)23-9-10-24-16;/h11-12H,3-10H2,1-2H3,(H2,19,20,21);1H. The monoisotopic (exact) mass is 483 g/mol. The molecule has 1 heterocycles. The number of guanidine groups is 1. The minimum Gasteiger partial charge on any atom is -0.486 e. The normalized spacial score (nSPS) is 13.2. The van der Waals surface area contributed by atoms with Gasteiger partial charge in [0.05, 0.1) is 5.02 Å². The van der Waals surface area contributed by atoms with Crippen LogP contribution in [0.15, 0.2) is 17.1 Å². The Labute approximate surface area is 171 Å². The third kappa shape index (κ3) is 7.45. The SMILES string of the molecule is CCNC(=NCCCOC)NCCc1cc(Cl)c2c(c1)OCCO2.I. The third-order valence-corrected chi connectivity index (χ3v) is 3.76. The zero-order valence-corrected chi connectivity index (χ0v) is 17.9. The molecule has 0 radical (unpaired) electrons. The van der Waals surface area contributed by atoms with E-state index in [1.54, 1.807) is 7.11 Å². The van der Waals surface area contributed by atoms with Crippen molar-refractivity contribution in [2.45, 2.75) is 19.8 Å². The highest BCUT2D eigenvalue weighted by Crippen LogP contribution is 2.38. The maximum Gasteiger partial charge on any atom is 0.191 e. The van der Waals surface area contributed by atoms with Gasteiger partial charge in [0.2, 0.25) is 0 Å². The van der Waals surface area contributed by atoms with Gasteiger partial charge in [0.1, 0.15) is 13.2 Å². The molecule has 0 unspecified atom stereocenters. The molecule has 25 heavy (non-hydrogen) atoms. The van der Waals surface area contributed by atoms with Crippen LogP contribution in [0.25, 0.3) is 0 Å². The molecule has 2 rings (SSSR count). The van der Waals surface area contributed by atoms with Crippen LogP contribution in [0, 0.1) is 0 Å². The number of methoxy groups -OCH3 is 1. The van der Waals surface area contributed by atoms with E-state index in [2.05, 4.69) is 15.6 Å². The first-order chi connectivity index (χ1) is 11.7. The molecular formula is C17H27ClIN3O3. The van der Waals surface area contributed by atoms with Crippen LogP contribution in [0.2, 0.25) is 5.02 Å². The second-order valence-corrected chi connectivity index (χ2v) is 5.79. The van der Waals surface area contributed by atoms with E-state index in [0.717, 1.165) is 56.4 Å². The van der Waals surface area contributed by atoms with Crippen LogP contribution in [-0.2, 0) is 11.2 Å². The molecule has 1 aromatic rings. The average Bonchev–Trinajstić information content (AvgIpc) is 2.59. The molecule has 0 atom stereocenters. The van der Waals surface area contributed by atoms with Crippen LogP contribution in [0.3, 0.4) is 0 Å². The highest BCUT2D eigenvalue weighted by atomic mass is 127. The molecule has 0 amide bonds. The van der Waals surface area contributed by atoms with Gasteiger partial charge in [-0.1, -0.05) is 11.6 Å². The summed E-state index contributed by atoms with van der Waals surface area (Å²) in [6.45, 7) is 6.19. The fourth-order valence-electron chi connectivity index (χ4n) is 2.38. The number of benzene rings is 1. The summed E-state index contributed by atoms with van der Waals surface area (Å²) in [5.41, 5.74) is 1.10. The fourth-order valence-corrected chi connectivity index (χ4v) is 2.66. The van der Waals surface area contributed by atoms with Gasteiger partial charge in [-0.3, -0.25) is 4.99 Å². The molecular weight excluding hydrogens is 457 g/mol. The van der Waals surface area contributed by atoms with Gasteiger partial charge in [0.15, 0.2) is 17.5 Å². The topological polar surface area (TPSA) is 64.1 Å². The predicted molar refractivity (Wildman–Crippen MR) is 112 cm³/mol. The minimum atomic E-state index is 0. The zero-order chi connectivity index (χ0) is 17.2. The quantitative estimate of drug-likeness (QED) is 0.258. The summed E-state index contributed by atoms with van der Waals surface area (Å²) in [7, 11) is 1.70. The second kappa shape index (κ2) is 12.4. The van der Waals surface area contributed by atoms with Crippen molar-refractivity contribution < 1.29 is 14.2 Å². The third-order valence-electron chi connectivity index (χ3n) is 3.48. The van der Waals surface area contributed by atoms with Gasteiger partial charge in [0.25, 0.3) is 0 Å². The van der Waals surface area contributed by atoms with Crippen LogP contribution >= 0.6 is 35.6 Å². The molecule has 0 bridgehead atoms. The Bertz CT molecular complexity index is 558. The van der Waals surface area contributed by atoms with Crippen molar-refractivity contribution in [3.63, 3.8) is 0 Å². The average molecular weight is 484 g/mol. The Balaban J connectivity index is 0.00000312. The van der Waals surface area contributed by atoms with Crippen LogP contribution in [0.5, 0.6) is 11.5 Å². The number of hydrogen-bond donors (Lipinski definition) is 2. The van der Waals surface area contributed by atoms with Gasteiger partial charge in [-0.05, 0) is 37.5 Å². The summed E-state index contributed by atoms with van der Waals surface area (Å²) < 4.78 is 16.2. The van der Waals surface area contributed by atoms with Crippen molar-refractivity contribution in [1.82, 2.24) is 10.6 Å². The molecule has 6 nitrogen and oxygen atoms in total. The number of rotatable bonds is 8. The Morgan fingerprint density at radius 2 is 2.08 bits per heavy atom. The molecule has 0 saturated heterocycles. The summed E-state index contributed by atoms with van der Waals surface area (Å²) in [6, 6.07) is 3.92. The molecule has 2 N–H and O–H groups in total. The first-order valence-electron chi connectivity index (χ1n) is 8.33. The van der Waals surface area contributed by atoms with Crippen molar-refractivity contribution >= 4 is 41.5 Å². The number of ether oxygens (including phenoxy) is 3. The predicted octanol–water partition coefficient (Wildman–Crippen LogP) is 2.86. The highest BCUT2D eigenvalue weighted by Gasteiger charge is 2.16. The van der Waals surface area contributed by atoms with E-state index in [0.29, 0.717) is 24.0 Å². The molecule has 1 aliphatic rings. The summed E-state index contributed by atoms with van der Waals surface area (Å²) in [5.74, 6) is 2.19. The van der Waals surface area contributed by atoms with E-state index < -0.39 is 0 Å². The molecule has 0 aromatic heterocycles. The van der Waals surface area contributed by atoms with E-state index >= 15 is 0 Å². The van der Waals surface area contributed by atoms with E-state index in [1.165, 1.54) is 0 Å². The molecule has 142 valence electrons. The number of nitrogens with zero attached hydrogens (tertiary/aromatic N) is 1. The smallest absolute Gasteiger partial charge is 0.191 e. The molecule has 0 fully saturated rings. The van der Waals surface area contributed by atoms with Crippen molar-refractivity contribution in [2.24, 2.45) is 4.99 Å². The number of hydrogen-bond acceptors (Lipinski definition) is 4. The van der Waals surface area contributed by atoms with Crippen molar-refractivity contribution in [3.8, 4) is 11.5 Å².